The van der Waals surface area contributed by atoms with Crippen LogP contribution in [0, 0.1) is 0 Å². The minimum atomic E-state index is -4.08. The molecule has 31 heavy (non-hydrogen) atoms. The quantitative estimate of drug-likeness (QED) is 0.226. The van der Waals surface area contributed by atoms with E-state index in [9.17, 15) is 9.36 Å². The first-order valence-corrected chi connectivity index (χ1v) is 10.8. The third kappa shape index (κ3) is 9.71. The van der Waals surface area contributed by atoms with Crippen molar-refractivity contribution >= 4 is 25.1 Å². The zero-order valence-electron chi connectivity index (χ0n) is 18.3. The van der Waals surface area contributed by atoms with Crippen LogP contribution >= 0.6 is 7.75 Å². The van der Waals surface area contributed by atoms with Crippen molar-refractivity contribution in [3.8, 4) is 11.5 Å². The summed E-state index contributed by atoms with van der Waals surface area (Å²) in [6, 6.07) is 12.2. The smallest absolute Gasteiger partial charge is 0.462 e. The fraction of sp³-hybridized carbons (Fsp3) is 0.350. The van der Waals surface area contributed by atoms with Gasteiger partial charge in [-0.2, -0.15) is 5.09 Å². The fourth-order valence-corrected chi connectivity index (χ4v) is 3.69. The van der Waals surface area contributed by atoms with Crippen LogP contribution in [0.25, 0.3) is 0 Å². The number of esters is 1. The zero-order chi connectivity index (χ0) is 24.0. The van der Waals surface area contributed by atoms with E-state index in [2.05, 4.69) is 5.09 Å². The Morgan fingerprint density at radius 3 is 1.90 bits per heavy atom. The van der Waals surface area contributed by atoms with Crippen LogP contribution in [0.5, 0.6) is 11.5 Å². The van der Waals surface area contributed by atoms with Crippen molar-refractivity contribution < 1.29 is 33.4 Å². The number of para-hydroxylation sites is 2. The molecule has 174 valence electrons. The van der Waals surface area contributed by atoms with Crippen LogP contribution in [0.15, 0.2) is 48.5 Å². The molecule has 0 fully saturated rings. The molecule has 0 amide bonds. The SMILES string of the molecule is CC(C)OC(=O)[C@H](C)NP(=O)(Oc1ccccc1)Oc1c(N)cccc1N.CO.CO. The number of ether oxygens (including phenoxy) is 1. The number of nitrogens with one attached hydrogen (secondary N) is 1. The highest BCUT2D eigenvalue weighted by atomic mass is 31.2. The molecule has 0 aromatic heterocycles. The molecule has 0 spiro atoms. The number of aliphatic hydroxyl groups excluding tert-OH is 2. The summed E-state index contributed by atoms with van der Waals surface area (Å²) in [4.78, 5) is 12.1. The van der Waals surface area contributed by atoms with E-state index in [-0.39, 0.29) is 29.0 Å². The van der Waals surface area contributed by atoms with Gasteiger partial charge in [-0.3, -0.25) is 4.79 Å². The highest BCUT2D eigenvalue weighted by Crippen LogP contribution is 2.48. The lowest BCUT2D eigenvalue weighted by Crippen LogP contribution is -2.37. The highest BCUT2D eigenvalue weighted by molar-refractivity contribution is 7.52. The van der Waals surface area contributed by atoms with Gasteiger partial charge in [0, 0.05) is 14.2 Å². The van der Waals surface area contributed by atoms with Crippen molar-refractivity contribution in [1.82, 2.24) is 5.09 Å². The van der Waals surface area contributed by atoms with Gasteiger partial charge in [0.15, 0.2) is 5.75 Å². The summed E-state index contributed by atoms with van der Waals surface area (Å²) in [7, 11) is -2.08. The molecular weight excluding hydrogens is 425 g/mol. The van der Waals surface area contributed by atoms with Gasteiger partial charge >= 0.3 is 13.7 Å². The lowest BCUT2D eigenvalue weighted by molar-refractivity contribution is -0.149. The van der Waals surface area contributed by atoms with E-state index in [0.717, 1.165) is 14.2 Å². The van der Waals surface area contributed by atoms with Crippen LogP contribution in [-0.4, -0.2) is 42.5 Å². The van der Waals surface area contributed by atoms with Crippen molar-refractivity contribution in [1.29, 1.82) is 0 Å². The van der Waals surface area contributed by atoms with Crippen LogP contribution in [0.2, 0.25) is 0 Å². The number of anilines is 2. The molecule has 7 N–H and O–H groups in total. The molecule has 11 heteroatoms. The second-order valence-corrected chi connectivity index (χ2v) is 7.71. The number of rotatable bonds is 8. The van der Waals surface area contributed by atoms with Gasteiger partial charge < -0.3 is 35.5 Å². The lowest BCUT2D eigenvalue weighted by atomic mass is 10.2. The maximum absolute atomic E-state index is 13.4. The number of benzene rings is 2. The summed E-state index contributed by atoms with van der Waals surface area (Å²) in [5.41, 5.74) is 12.1. The van der Waals surface area contributed by atoms with Gasteiger partial charge in [-0.05, 0) is 45.0 Å². The molecule has 0 saturated carbocycles. The van der Waals surface area contributed by atoms with E-state index >= 15 is 0 Å². The van der Waals surface area contributed by atoms with Crippen LogP contribution in [0.4, 0.5) is 11.4 Å². The van der Waals surface area contributed by atoms with Gasteiger partial charge in [0.25, 0.3) is 0 Å². The molecule has 0 aliphatic heterocycles. The minimum Gasteiger partial charge on any atom is -0.462 e. The summed E-state index contributed by atoms with van der Waals surface area (Å²) in [5.74, 6) is -0.306. The number of nitrogens with two attached hydrogens (primary N) is 2. The second kappa shape index (κ2) is 14.3. The molecule has 0 saturated heterocycles. The van der Waals surface area contributed by atoms with E-state index in [1.807, 2.05) is 0 Å². The number of hydrogen-bond acceptors (Lipinski definition) is 9. The standard InChI is InChI=1S/C18H24N3O5P.2CH4O/c1-12(2)24-18(22)13(3)21-27(23,25-14-8-5-4-6-9-14)26-17-15(19)10-7-11-16(17)20;2*1-2/h4-13H,19-20H2,1-3H3,(H,21,23);2*2H,1H3/t13-,27?;;/m0../s1. The molecule has 0 aliphatic rings. The molecule has 0 bridgehead atoms. The third-order valence-electron chi connectivity index (χ3n) is 3.31. The Balaban J connectivity index is 0.00000212. The van der Waals surface area contributed by atoms with Gasteiger partial charge in [0.1, 0.15) is 11.8 Å². The Labute approximate surface area is 182 Å². The summed E-state index contributed by atoms with van der Waals surface area (Å²) in [6.45, 7) is 4.92. The zero-order valence-corrected chi connectivity index (χ0v) is 19.2. The fourth-order valence-electron chi connectivity index (χ4n) is 2.11. The molecule has 2 rings (SSSR count). The van der Waals surface area contributed by atoms with E-state index < -0.39 is 19.8 Å². The van der Waals surface area contributed by atoms with Crippen molar-refractivity contribution in [3.05, 3.63) is 48.5 Å². The van der Waals surface area contributed by atoms with Crippen LogP contribution < -0.4 is 25.6 Å². The Bertz CT molecular complexity index is 815. The number of hydrogen-bond donors (Lipinski definition) is 5. The first kappa shape index (κ1) is 28.2. The molecule has 10 nitrogen and oxygen atoms in total. The third-order valence-corrected chi connectivity index (χ3v) is 4.89. The second-order valence-electron chi connectivity index (χ2n) is 6.10. The molecule has 0 heterocycles. The first-order valence-electron chi connectivity index (χ1n) is 9.26. The Kier molecular flexibility index (Phi) is 13.0. The van der Waals surface area contributed by atoms with Gasteiger partial charge in [-0.15, -0.1) is 0 Å². The predicted octanol–water partition coefficient (Wildman–Crippen LogP) is 2.56. The van der Waals surface area contributed by atoms with Crippen LogP contribution in [0.1, 0.15) is 20.8 Å². The summed E-state index contributed by atoms with van der Waals surface area (Å²) in [6.07, 6.45) is -0.322. The normalized spacial score (nSPS) is 12.8. The lowest BCUT2D eigenvalue weighted by Gasteiger charge is -2.24. The summed E-state index contributed by atoms with van der Waals surface area (Å²) in [5, 5.41) is 16.6. The predicted molar refractivity (Wildman–Crippen MR) is 121 cm³/mol. The molecule has 1 unspecified atom stereocenters. The topological polar surface area (TPSA) is 166 Å². The largest absolute Gasteiger partial charge is 0.513 e. The van der Waals surface area contributed by atoms with Gasteiger partial charge in [-0.25, -0.2) is 4.57 Å². The van der Waals surface area contributed by atoms with Crippen LogP contribution in [0.3, 0.4) is 0 Å². The Morgan fingerprint density at radius 2 is 1.42 bits per heavy atom. The van der Waals surface area contributed by atoms with Crippen molar-refractivity contribution in [2.45, 2.75) is 32.9 Å². The number of aliphatic hydroxyl groups is 2. The number of nitrogen functional groups attached to an aromatic ring is 2. The average Bonchev–Trinajstić information content (AvgIpc) is 2.74. The average molecular weight is 457 g/mol. The Morgan fingerprint density at radius 1 is 0.903 bits per heavy atom. The van der Waals surface area contributed by atoms with Crippen molar-refractivity contribution in [3.63, 3.8) is 0 Å². The maximum atomic E-state index is 13.4. The molecular formula is C20H32N3O7P. The van der Waals surface area contributed by atoms with E-state index in [0.29, 0.717) is 0 Å². The molecule has 2 aromatic carbocycles. The molecule has 2 aromatic rings. The number of carbonyl (C=O) groups is 1. The Hall–Kier alpha value is -2.78. The highest BCUT2D eigenvalue weighted by Gasteiger charge is 2.35. The van der Waals surface area contributed by atoms with Crippen LogP contribution in [-0.2, 0) is 14.1 Å². The van der Waals surface area contributed by atoms with E-state index in [1.165, 1.54) is 6.92 Å². The molecule has 0 radical (unpaired) electrons. The minimum absolute atomic E-state index is 0.00805. The van der Waals surface area contributed by atoms with Gasteiger partial charge in [0.2, 0.25) is 0 Å². The molecule has 2 atom stereocenters. The van der Waals surface area contributed by atoms with Gasteiger partial charge in [0.05, 0.1) is 17.5 Å². The first-order chi connectivity index (χ1) is 14.7. The monoisotopic (exact) mass is 457 g/mol. The van der Waals surface area contributed by atoms with E-state index in [1.54, 1.807) is 62.4 Å². The summed E-state index contributed by atoms with van der Waals surface area (Å²) >= 11 is 0. The maximum Gasteiger partial charge on any atom is 0.513 e. The van der Waals surface area contributed by atoms with Crippen molar-refractivity contribution in [2.24, 2.45) is 0 Å². The summed E-state index contributed by atoms with van der Waals surface area (Å²) < 4.78 is 29.6. The van der Waals surface area contributed by atoms with Gasteiger partial charge in [-0.1, -0.05) is 24.3 Å². The van der Waals surface area contributed by atoms with Crippen molar-refractivity contribution in [2.75, 3.05) is 25.7 Å². The number of carbonyl (C=O) groups excluding carboxylic acids is 1. The molecule has 0 aliphatic carbocycles. The van der Waals surface area contributed by atoms with E-state index in [4.69, 9.17) is 35.5 Å².